The van der Waals surface area contributed by atoms with Crippen molar-refractivity contribution in [3.05, 3.63) is 30.6 Å². The van der Waals surface area contributed by atoms with E-state index in [1.165, 1.54) is 0 Å². The summed E-state index contributed by atoms with van der Waals surface area (Å²) in [6, 6.07) is 0. The molecule has 15 heavy (non-hydrogen) atoms. The predicted octanol–water partition coefficient (Wildman–Crippen LogP) is 1.40. The third-order valence-electron chi connectivity index (χ3n) is 2.05. The molecule has 0 fully saturated rings. The van der Waals surface area contributed by atoms with Gasteiger partial charge >= 0.3 is 0 Å². The molecule has 0 saturated carbocycles. The van der Waals surface area contributed by atoms with E-state index in [-0.39, 0.29) is 0 Å². The quantitative estimate of drug-likeness (QED) is 0.819. The van der Waals surface area contributed by atoms with Crippen LogP contribution in [0.15, 0.2) is 24.8 Å². The minimum atomic E-state index is 0.781. The van der Waals surface area contributed by atoms with Crippen LogP contribution in [-0.2, 0) is 0 Å². The first-order valence-corrected chi connectivity index (χ1v) is 4.87. The molecule has 0 aliphatic heterocycles. The minimum Gasteiger partial charge on any atom is -0.369 e. The van der Waals surface area contributed by atoms with E-state index in [4.69, 9.17) is 0 Å². The highest BCUT2D eigenvalue weighted by atomic mass is 15.2. The fourth-order valence-electron chi connectivity index (χ4n) is 1.36. The molecule has 5 nitrogen and oxygen atoms in total. The summed E-state index contributed by atoms with van der Waals surface area (Å²) >= 11 is 0. The summed E-state index contributed by atoms with van der Waals surface area (Å²) in [7, 11) is 0. The number of nitrogens with one attached hydrogen (secondary N) is 1. The Hall–Kier alpha value is -1.91. The topological polar surface area (TPSA) is 55.6 Å². The summed E-state index contributed by atoms with van der Waals surface area (Å²) in [6.45, 7) is 4.79. The fraction of sp³-hybridized carbons (Fsp3) is 0.300. The molecule has 5 heteroatoms. The lowest BCUT2D eigenvalue weighted by Crippen LogP contribution is -2.04. The van der Waals surface area contributed by atoms with E-state index in [1.807, 2.05) is 24.6 Å². The molecule has 78 valence electrons. The van der Waals surface area contributed by atoms with Crippen LogP contribution in [0.25, 0.3) is 5.82 Å². The third-order valence-corrected chi connectivity index (χ3v) is 2.05. The van der Waals surface area contributed by atoms with Crippen molar-refractivity contribution < 1.29 is 0 Å². The van der Waals surface area contributed by atoms with Gasteiger partial charge in [-0.2, -0.15) is 0 Å². The van der Waals surface area contributed by atoms with Crippen LogP contribution in [0.3, 0.4) is 0 Å². The van der Waals surface area contributed by atoms with Crippen molar-refractivity contribution in [2.75, 3.05) is 11.9 Å². The molecular formula is C10H13N5. The number of hydrogen-bond donors (Lipinski definition) is 1. The molecule has 0 saturated heterocycles. The highest BCUT2D eigenvalue weighted by Crippen LogP contribution is 2.08. The summed E-state index contributed by atoms with van der Waals surface area (Å²) in [4.78, 5) is 12.7. The number of aryl methyl sites for hydroxylation is 1. The Balaban J connectivity index is 2.37. The number of aromatic nitrogens is 4. The largest absolute Gasteiger partial charge is 0.369 e. The van der Waals surface area contributed by atoms with E-state index in [9.17, 15) is 0 Å². The summed E-state index contributed by atoms with van der Waals surface area (Å²) in [5.41, 5.74) is 0. The second-order valence-electron chi connectivity index (χ2n) is 3.14. The van der Waals surface area contributed by atoms with E-state index >= 15 is 0 Å². The first kappa shape index (κ1) is 9.64. The third kappa shape index (κ3) is 1.96. The smallest absolute Gasteiger partial charge is 0.159 e. The van der Waals surface area contributed by atoms with Crippen LogP contribution < -0.4 is 5.32 Å². The molecule has 0 aliphatic carbocycles. The number of imidazole rings is 1. The lowest BCUT2D eigenvalue weighted by molar-refractivity contribution is 0.917. The van der Waals surface area contributed by atoms with Crippen molar-refractivity contribution in [3.63, 3.8) is 0 Å². The Morgan fingerprint density at radius 1 is 1.40 bits per heavy atom. The van der Waals surface area contributed by atoms with Crippen LogP contribution in [0.5, 0.6) is 0 Å². The van der Waals surface area contributed by atoms with Gasteiger partial charge in [-0.15, -0.1) is 0 Å². The Morgan fingerprint density at radius 2 is 2.27 bits per heavy atom. The van der Waals surface area contributed by atoms with Gasteiger partial charge < -0.3 is 5.32 Å². The van der Waals surface area contributed by atoms with Crippen LogP contribution in [0.4, 0.5) is 5.82 Å². The Labute approximate surface area is 88.2 Å². The molecule has 0 unspecified atom stereocenters. The lowest BCUT2D eigenvalue weighted by Gasteiger charge is -2.06. The number of hydrogen-bond acceptors (Lipinski definition) is 4. The average Bonchev–Trinajstić information content (AvgIpc) is 2.65. The van der Waals surface area contributed by atoms with Crippen molar-refractivity contribution in [1.29, 1.82) is 0 Å². The van der Waals surface area contributed by atoms with E-state index in [1.54, 1.807) is 18.6 Å². The molecule has 2 aromatic rings. The van der Waals surface area contributed by atoms with Crippen molar-refractivity contribution >= 4 is 5.82 Å². The van der Waals surface area contributed by atoms with E-state index in [2.05, 4.69) is 20.3 Å². The molecule has 0 aliphatic rings. The van der Waals surface area contributed by atoms with Crippen molar-refractivity contribution in [2.45, 2.75) is 13.8 Å². The molecule has 0 amide bonds. The summed E-state index contributed by atoms with van der Waals surface area (Å²) in [5, 5.41) is 3.12. The Kier molecular flexibility index (Phi) is 2.62. The molecule has 2 heterocycles. The standard InChI is InChI=1S/C10H13N5/c1-3-12-9-6-11-7-10(14-9)15-5-4-13-8(15)2/h4-7H,3H2,1-2H3,(H,12,14). The fourth-order valence-corrected chi connectivity index (χ4v) is 1.36. The zero-order chi connectivity index (χ0) is 10.7. The van der Waals surface area contributed by atoms with Gasteiger partial charge in [0.25, 0.3) is 0 Å². The van der Waals surface area contributed by atoms with Crippen LogP contribution in [-0.4, -0.2) is 26.1 Å². The number of nitrogens with zero attached hydrogens (tertiary/aromatic N) is 4. The maximum Gasteiger partial charge on any atom is 0.159 e. The predicted molar refractivity (Wildman–Crippen MR) is 58.1 cm³/mol. The van der Waals surface area contributed by atoms with E-state index < -0.39 is 0 Å². The van der Waals surface area contributed by atoms with Crippen LogP contribution in [0.2, 0.25) is 0 Å². The molecule has 2 rings (SSSR count). The van der Waals surface area contributed by atoms with E-state index in [0.29, 0.717) is 0 Å². The van der Waals surface area contributed by atoms with Gasteiger partial charge in [-0.1, -0.05) is 0 Å². The van der Waals surface area contributed by atoms with Crippen molar-refractivity contribution in [2.24, 2.45) is 0 Å². The molecule has 2 aromatic heterocycles. The van der Waals surface area contributed by atoms with Gasteiger partial charge in [0.1, 0.15) is 11.6 Å². The van der Waals surface area contributed by atoms with Crippen molar-refractivity contribution in [1.82, 2.24) is 19.5 Å². The summed E-state index contributed by atoms with van der Waals surface area (Å²) in [5.74, 6) is 2.46. The summed E-state index contributed by atoms with van der Waals surface area (Å²) in [6.07, 6.45) is 7.04. The molecular weight excluding hydrogens is 190 g/mol. The van der Waals surface area contributed by atoms with Crippen molar-refractivity contribution in [3.8, 4) is 5.82 Å². The number of anilines is 1. The first-order valence-electron chi connectivity index (χ1n) is 4.87. The van der Waals surface area contributed by atoms with Crippen LogP contribution in [0.1, 0.15) is 12.7 Å². The van der Waals surface area contributed by atoms with Gasteiger partial charge in [0.05, 0.1) is 12.4 Å². The average molecular weight is 203 g/mol. The molecule has 1 N–H and O–H groups in total. The second-order valence-corrected chi connectivity index (χ2v) is 3.14. The van der Waals surface area contributed by atoms with Crippen LogP contribution in [0, 0.1) is 6.92 Å². The van der Waals surface area contributed by atoms with Gasteiger partial charge in [-0.25, -0.2) is 9.97 Å². The highest BCUT2D eigenvalue weighted by molar-refractivity contribution is 5.36. The molecule has 0 radical (unpaired) electrons. The Bertz CT molecular complexity index is 449. The van der Waals surface area contributed by atoms with Gasteiger partial charge in [-0.05, 0) is 13.8 Å². The van der Waals surface area contributed by atoms with Gasteiger partial charge in [-0.3, -0.25) is 9.55 Å². The summed E-state index contributed by atoms with van der Waals surface area (Å²) < 4.78 is 1.90. The Morgan fingerprint density at radius 3 is 2.93 bits per heavy atom. The SMILES string of the molecule is CCNc1cncc(-n2ccnc2C)n1. The number of rotatable bonds is 3. The van der Waals surface area contributed by atoms with Gasteiger partial charge in [0.15, 0.2) is 5.82 Å². The van der Waals surface area contributed by atoms with Crippen LogP contribution >= 0.6 is 0 Å². The van der Waals surface area contributed by atoms with E-state index in [0.717, 1.165) is 24.0 Å². The minimum absolute atomic E-state index is 0.781. The van der Waals surface area contributed by atoms with Gasteiger partial charge in [0, 0.05) is 18.9 Å². The molecule has 0 spiro atoms. The maximum absolute atomic E-state index is 4.42. The zero-order valence-corrected chi connectivity index (χ0v) is 8.81. The first-order chi connectivity index (χ1) is 7.31. The highest BCUT2D eigenvalue weighted by Gasteiger charge is 2.02. The molecule has 0 atom stereocenters. The normalized spacial score (nSPS) is 10.3. The maximum atomic E-state index is 4.42. The second kappa shape index (κ2) is 4.08. The molecule has 0 bridgehead atoms. The lowest BCUT2D eigenvalue weighted by atomic mass is 10.5. The zero-order valence-electron chi connectivity index (χ0n) is 8.81. The van der Waals surface area contributed by atoms with Gasteiger partial charge in [0.2, 0.25) is 0 Å². The monoisotopic (exact) mass is 203 g/mol. The molecule has 0 aromatic carbocycles.